The molecular weight excluding hydrogens is 162 g/mol. The van der Waals surface area contributed by atoms with Gasteiger partial charge in [0.15, 0.2) is 0 Å². The van der Waals surface area contributed by atoms with E-state index in [9.17, 15) is 0 Å². The van der Waals surface area contributed by atoms with Crippen LogP contribution in [-0.2, 0) is 4.74 Å². The minimum absolute atomic E-state index is 0.447. The lowest BCUT2D eigenvalue weighted by molar-refractivity contribution is 0.0696. The normalized spacial score (nSPS) is 24.7. The molecule has 0 aromatic carbocycles. The maximum absolute atomic E-state index is 5.40. The van der Waals surface area contributed by atoms with Crippen LogP contribution >= 0.6 is 0 Å². The highest BCUT2D eigenvalue weighted by molar-refractivity contribution is 4.71. The Balaban J connectivity index is 2.04. The molecule has 0 spiro atoms. The molecule has 0 aromatic heterocycles. The summed E-state index contributed by atoms with van der Waals surface area (Å²) in [6, 6.07) is 0.607. The van der Waals surface area contributed by atoms with E-state index in [1.807, 2.05) is 0 Å². The van der Waals surface area contributed by atoms with E-state index in [0.717, 1.165) is 19.8 Å². The van der Waals surface area contributed by atoms with Crippen molar-refractivity contribution < 1.29 is 4.74 Å². The second-order valence-electron chi connectivity index (χ2n) is 5.18. The van der Waals surface area contributed by atoms with Gasteiger partial charge >= 0.3 is 0 Å². The van der Waals surface area contributed by atoms with E-state index in [0.29, 0.717) is 11.5 Å². The van der Waals surface area contributed by atoms with Crippen LogP contribution in [0.5, 0.6) is 0 Å². The standard InChI is InChI=1S/C11H23NO/c1-11(2,3)6-7-12-10-5-4-8-13-9-10/h10,12H,4-9H2,1-3H3. The SMILES string of the molecule is CC(C)(C)CCNC1CCCOC1. The molecule has 0 aliphatic carbocycles. The van der Waals surface area contributed by atoms with Crippen LogP contribution in [-0.4, -0.2) is 25.8 Å². The van der Waals surface area contributed by atoms with Gasteiger partial charge in [0.25, 0.3) is 0 Å². The van der Waals surface area contributed by atoms with Gasteiger partial charge in [0, 0.05) is 12.6 Å². The zero-order valence-electron chi connectivity index (χ0n) is 9.23. The Morgan fingerprint density at radius 3 is 2.69 bits per heavy atom. The predicted octanol–water partition coefficient (Wildman–Crippen LogP) is 2.19. The van der Waals surface area contributed by atoms with Crippen LogP contribution in [0, 0.1) is 5.41 Å². The fourth-order valence-corrected chi connectivity index (χ4v) is 1.55. The lowest BCUT2D eigenvalue weighted by Gasteiger charge is -2.25. The molecule has 0 saturated carbocycles. The van der Waals surface area contributed by atoms with Gasteiger partial charge in [0.2, 0.25) is 0 Å². The van der Waals surface area contributed by atoms with Crippen molar-refractivity contribution in [2.45, 2.75) is 46.1 Å². The molecule has 1 unspecified atom stereocenters. The second kappa shape index (κ2) is 4.97. The lowest BCUT2D eigenvalue weighted by Crippen LogP contribution is -2.38. The molecule has 0 aromatic rings. The zero-order chi connectivity index (χ0) is 9.73. The van der Waals surface area contributed by atoms with E-state index in [1.165, 1.54) is 19.3 Å². The second-order valence-corrected chi connectivity index (χ2v) is 5.18. The molecule has 0 amide bonds. The van der Waals surface area contributed by atoms with Crippen molar-refractivity contribution >= 4 is 0 Å². The molecule has 1 atom stereocenters. The summed E-state index contributed by atoms with van der Waals surface area (Å²) in [7, 11) is 0. The van der Waals surface area contributed by atoms with Crippen LogP contribution in [0.25, 0.3) is 0 Å². The first-order valence-corrected chi connectivity index (χ1v) is 5.39. The van der Waals surface area contributed by atoms with Gasteiger partial charge in [-0.2, -0.15) is 0 Å². The summed E-state index contributed by atoms with van der Waals surface area (Å²) in [5.74, 6) is 0. The first-order valence-electron chi connectivity index (χ1n) is 5.39. The minimum atomic E-state index is 0.447. The molecule has 78 valence electrons. The maximum Gasteiger partial charge on any atom is 0.0619 e. The quantitative estimate of drug-likeness (QED) is 0.727. The first kappa shape index (κ1) is 11.0. The fraction of sp³-hybridized carbons (Fsp3) is 1.00. The van der Waals surface area contributed by atoms with Gasteiger partial charge in [0.1, 0.15) is 0 Å². The maximum atomic E-state index is 5.40. The molecule has 1 saturated heterocycles. The van der Waals surface area contributed by atoms with Crippen molar-refractivity contribution in [2.75, 3.05) is 19.8 Å². The third-order valence-electron chi connectivity index (χ3n) is 2.47. The summed E-state index contributed by atoms with van der Waals surface area (Å²) < 4.78 is 5.40. The third kappa shape index (κ3) is 5.27. The smallest absolute Gasteiger partial charge is 0.0619 e. The Hall–Kier alpha value is -0.0800. The number of hydrogen-bond donors (Lipinski definition) is 1. The molecule has 2 heteroatoms. The highest BCUT2D eigenvalue weighted by atomic mass is 16.5. The van der Waals surface area contributed by atoms with Crippen molar-refractivity contribution in [3.8, 4) is 0 Å². The summed E-state index contributed by atoms with van der Waals surface area (Å²) in [6.45, 7) is 9.84. The number of ether oxygens (including phenoxy) is 1. The monoisotopic (exact) mass is 185 g/mol. The molecule has 0 radical (unpaired) electrons. The van der Waals surface area contributed by atoms with Crippen molar-refractivity contribution in [3.63, 3.8) is 0 Å². The van der Waals surface area contributed by atoms with Gasteiger partial charge in [-0.3, -0.25) is 0 Å². The van der Waals surface area contributed by atoms with E-state index >= 15 is 0 Å². The lowest BCUT2D eigenvalue weighted by atomic mass is 9.92. The molecule has 1 aliphatic rings. The summed E-state index contributed by atoms with van der Waals surface area (Å²) >= 11 is 0. The largest absolute Gasteiger partial charge is 0.380 e. The molecule has 2 nitrogen and oxygen atoms in total. The molecule has 1 aliphatic heterocycles. The third-order valence-corrected chi connectivity index (χ3v) is 2.47. The molecular formula is C11H23NO. The van der Waals surface area contributed by atoms with E-state index in [4.69, 9.17) is 4.74 Å². The highest BCUT2D eigenvalue weighted by Crippen LogP contribution is 2.17. The zero-order valence-corrected chi connectivity index (χ0v) is 9.23. The molecule has 1 N–H and O–H groups in total. The topological polar surface area (TPSA) is 21.3 Å². The molecule has 1 rings (SSSR count). The number of nitrogens with one attached hydrogen (secondary N) is 1. The summed E-state index contributed by atoms with van der Waals surface area (Å²) in [5, 5.41) is 3.55. The molecule has 13 heavy (non-hydrogen) atoms. The van der Waals surface area contributed by atoms with Crippen LogP contribution in [0.1, 0.15) is 40.0 Å². The highest BCUT2D eigenvalue weighted by Gasteiger charge is 2.14. The van der Waals surface area contributed by atoms with Crippen LogP contribution in [0.3, 0.4) is 0 Å². The number of hydrogen-bond acceptors (Lipinski definition) is 2. The summed E-state index contributed by atoms with van der Waals surface area (Å²) in [6.07, 6.45) is 3.74. The van der Waals surface area contributed by atoms with E-state index in [-0.39, 0.29) is 0 Å². The Morgan fingerprint density at radius 1 is 1.38 bits per heavy atom. The van der Waals surface area contributed by atoms with Crippen LogP contribution in [0.2, 0.25) is 0 Å². The molecule has 1 heterocycles. The average Bonchev–Trinajstić information content (AvgIpc) is 2.04. The van der Waals surface area contributed by atoms with Gasteiger partial charge < -0.3 is 10.1 Å². The van der Waals surface area contributed by atoms with Gasteiger partial charge in [0.05, 0.1) is 6.61 Å². The van der Waals surface area contributed by atoms with E-state index < -0.39 is 0 Å². The Bertz CT molecular complexity index is 134. The van der Waals surface area contributed by atoms with Gasteiger partial charge in [-0.05, 0) is 31.2 Å². The van der Waals surface area contributed by atoms with Crippen LogP contribution < -0.4 is 5.32 Å². The van der Waals surface area contributed by atoms with Gasteiger partial charge in [-0.25, -0.2) is 0 Å². The average molecular weight is 185 g/mol. The molecule has 0 bridgehead atoms. The number of rotatable bonds is 3. The summed E-state index contributed by atoms with van der Waals surface area (Å²) in [5.41, 5.74) is 0.447. The summed E-state index contributed by atoms with van der Waals surface area (Å²) in [4.78, 5) is 0. The van der Waals surface area contributed by atoms with Crippen molar-refractivity contribution in [3.05, 3.63) is 0 Å². The Morgan fingerprint density at radius 2 is 2.15 bits per heavy atom. The van der Waals surface area contributed by atoms with Crippen molar-refractivity contribution in [2.24, 2.45) is 5.41 Å². The predicted molar refractivity (Wildman–Crippen MR) is 55.9 cm³/mol. The van der Waals surface area contributed by atoms with Gasteiger partial charge in [-0.15, -0.1) is 0 Å². The van der Waals surface area contributed by atoms with E-state index in [2.05, 4.69) is 26.1 Å². The van der Waals surface area contributed by atoms with Crippen LogP contribution in [0.15, 0.2) is 0 Å². The fourth-order valence-electron chi connectivity index (χ4n) is 1.55. The van der Waals surface area contributed by atoms with Gasteiger partial charge in [-0.1, -0.05) is 20.8 Å². The Kier molecular flexibility index (Phi) is 4.20. The Labute approximate surface area is 82.0 Å². The van der Waals surface area contributed by atoms with E-state index in [1.54, 1.807) is 0 Å². The molecule has 1 fully saturated rings. The van der Waals surface area contributed by atoms with Crippen molar-refractivity contribution in [1.29, 1.82) is 0 Å². The first-order chi connectivity index (χ1) is 6.08. The van der Waals surface area contributed by atoms with Crippen molar-refractivity contribution in [1.82, 2.24) is 5.32 Å². The minimum Gasteiger partial charge on any atom is -0.380 e. The van der Waals surface area contributed by atoms with Crippen LogP contribution in [0.4, 0.5) is 0 Å².